The number of guanidine groups is 1. The van der Waals surface area contributed by atoms with Crippen LogP contribution in [0.15, 0.2) is 29.4 Å². The Hall–Kier alpha value is -1.58. The van der Waals surface area contributed by atoms with Gasteiger partial charge in [0.2, 0.25) is 0 Å². The Morgan fingerprint density at radius 2 is 2.13 bits per heavy atom. The number of hydrogen-bond donors (Lipinski definition) is 2. The van der Waals surface area contributed by atoms with E-state index in [1.807, 2.05) is 25.4 Å². The lowest BCUT2D eigenvalue weighted by atomic mass is 9.85. The zero-order chi connectivity index (χ0) is 16.3. The zero-order valence-corrected chi connectivity index (χ0v) is 14.7. The summed E-state index contributed by atoms with van der Waals surface area (Å²) in [5.74, 6) is 1.85. The van der Waals surface area contributed by atoms with Crippen molar-refractivity contribution < 1.29 is 0 Å². The third-order valence-corrected chi connectivity index (χ3v) is 4.74. The molecular formula is C19H32N4. The van der Waals surface area contributed by atoms with E-state index < -0.39 is 0 Å². The van der Waals surface area contributed by atoms with Crippen LogP contribution < -0.4 is 10.6 Å². The van der Waals surface area contributed by atoms with Gasteiger partial charge < -0.3 is 10.6 Å². The Morgan fingerprint density at radius 1 is 1.30 bits per heavy atom. The predicted molar refractivity (Wildman–Crippen MR) is 97.7 cm³/mol. The molecule has 1 aromatic rings. The molecule has 0 aromatic carbocycles. The lowest BCUT2D eigenvalue weighted by Crippen LogP contribution is -2.43. The van der Waals surface area contributed by atoms with Crippen LogP contribution in [0.25, 0.3) is 0 Å². The van der Waals surface area contributed by atoms with Gasteiger partial charge in [0.15, 0.2) is 5.96 Å². The van der Waals surface area contributed by atoms with E-state index in [9.17, 15) is 0 Å². The summed E-state index contributed by atoms with van der Waals surface area (Å²) in [5, 5.41) is 6.90. The molecule has 0 radical (unpaired) electrons. The fraction of sp³-hybridized carbons (Fsp3) is 0.684. The van der Waals surface area contributed by atoms with Gasteiger partial charge in [-0.25, -0.2) is 0 Å². The first-order chi connectivity index (χ1) is 11.3. The second-order valence-electron chi connectivity index (χ2n) is 6.70. The molecule has 0 aliphatic heterocycles. The SMILES string of the molecule is CN=C(NCCc1ccccn1)NC(C)CCC1CCCCC1. The minimum Gasteiger partial charge on any atom is -0.356 e. The Labute approximate surface area is 141 Å². The lowest BCUT2D eigenvalue weighted by Gasteiger charge is -2.24. The Kier molecular flexibility index (Phi) is 7.91. The standard InChI is InChI=1S/C19H32N4/c1-16(11-12-17-8-4-3-5-9-17)23-19(20-2)22-15-13-18-10-6-7-14-21-18/h6-7,10,14,16-17H,3-5,8-9,11-13,15H2,1-2H3,(H2,20,22,23). The number of nitrogens with one attached hydrogen (secondary N) is 2. The van der Waals surface area contributed by atoms with E-state index in [0.29, 0.717) is 6.04 Å². The summed E-state index contributed by atoms with van der Waals surface area (Å²) in [5.41, 5.74) is 1.11. The molecule has 0 amide bonds. The molecule has 1 aliphatic rings. The molecule has 1 fully saturated rings. The summed E-state index contributed by atoms with van der Waals surface area (Å²) in [6.45, 7) is 3.11. The molecule has 23 heavy (non-hydrogen) atoms. The van der Waals surface area contributed by atoms with Gasteiger partial charge in [-0.15, -0.1) is 0 Å². The van der Waals surface area contributed by atoms with Crippen LogP contribution in [0, 0.1) is 5.92 Å². The van der Waals surface area contributed by atoms with Crippen LogP contribution in [0.1, 0.15) is 57.6 Å². The number of hydrogen-bond acceptors (Lipinski definition) is 2. The minimum atomic E-state index is 0.470. The third-order valence-electron chi connectivity index (χ3n) is 4.74. The first kappa shape index (κ1) is 17.8. The highest BCUT2D eigenvalue weighted by Gasteiger charge is 2.14. The molecular weight excluding hydrogens is 284 g/mol. The molecule has 4 nitrogen and oxygen atoms in total. The summed E-state index contributed by atoms with van der Waals surface area (Å²) in [6, 6.07) is 6.51. The maximum atomic E-state index is 4.34. The van der Waals surface area contributed by atoms with E-state index in [1.54, 1.807) is 0 Å². The molecule has 0 saturated heterocycles. The number of aliphatic imine (C=N–C) groups is 1. The molecule has 0 bridgehead atoms. The van der Waals surface area contributed by atoms with Crippen molar-refractivity contribution >= 4 is 5.96 Å². The first-order valence-electron chi connectivity index (χ1n) is 9.15. The van der Waals surface area contributed by atoms with Gasteiger partial charge in [-0.3, -0.25) is 9.98 Å². The van der Waals surface area contributed by atoms with Crippen LogP contribution in [-0.4, -0.2) is 30.6 Å². The van der Waals surface area contributed by atoms with Gasteiger partial charge >= 0.3 is 0 Å². The largest absolute Gasteiger partial charge is 0.356 e. The molecule has 1 saturated carbocycles. The average Bonchev–Trinajstić information content (AvgIpc) is 2.61. The van der Waals surface area contributed by atoms with Crippen molar-refractivity contribution in [2.45, 2.75) is 64.3 Å². The second kappa shape index (κ2) is 10.2. The van der Waals surface area contributed by atoms with Crippen molar-refractivity contribution in [1.29, 1.82) is 0 Å². The summed E-state index contributed by atoms with van der Waals surface area (Å²) >= 11 is 0. The highest BCUT2D eigenvalue weighted by Crippen LogP contribution is 2.27. The van der Waals surface area contributed by atoms with Gasteiger partial charge in [0.05, 0.1) is 0 Å². The van der Waals surface area contributed by atoms with Crippen LogP contribution in [0.2, 0.25) is 0 Å². The molecule has 128 valence electrons. The van der Waals surface area contributed by atoms with E-state index in [0.717, 1.165) is 30.5 Å². The average molecular weight is 316 g/mol. The minimum absolute atomic E-state index is 0.470. The lowest BCUT2D eigenvalue weighted by molar-refractivity contribution is 0.322. The Balaban J connectivity index is 1.63. The smallest absolute Gasteiger partial charge is 0.191 e. The van der Waals surface area contributed by atoms with Crippen LogP contribution in [0.4, 0.5) is 0 Å². The van der Waals surface area contributed by atoms with E-state index in [1.165, 1.54) is 44.9 Å². The Bertz CT molecular complexity index is 452. The van der Waals surface area contributed by atoms with Crippen LogP contribution in [-0.2, 0) is 6.42 Å². The summed E-state index contributed by atoms with van der Waals surface area (Å²) < 4.78 is 0. The molecule has 1 aromatic heterocycles. The van der Waals surface area contributed by atoms with Crippen molar-refractivity contribution in [2.24, 2.45) is 10.9 Å². The molecule has 1 heterocycles. The van der Waals surface area contributed by atoms with Crippen molar-refractivity contribution in [3.8, 4) is 0 Å². The number of nitrogens with zero attached hydrogens (tertiary/aromatic N) is 2. The monoisotopic (exact) mass is 316 g/mol. The number of aromatic nitrogens is 1. The van der Waals surface area contributed by atoms with Gasteiger partial charge in [-0.05, 0) is 37.8 Å². The molecule has 4 heteroatoms. The van der Waals surface area contributed by atoms with Gasteiger partial charge in [-0.1, -0.05) is 38.2 Å². The molecule has 0 spiro atoms. The molecule has 2 N–H and O–H groups in total. The fourth-order valence-corrected chi connectivity index (χ4v) is 3.32. The third kappa shape index (κ3) is 7.02. The number of rotatable bonds is 7. The first-order valence-corrected chi connectivity index (χ1v) is 9.15. The molecule has 2 rings (SSSR count). The number of pyridine rings is 1. The van der Waals surface area contributed by atoms with Crippen molar-refractivity contribution in [1.82, 2.24) is 15.6 Å². The maximum Gasteiger partial charge on any atom is 0.191 e. The van der Waals surface area contributed by atoms with Gasteiger partial charge in [0.1, 0.15) is 0 Å². The highest BCUT2D eigenvalue weighted by atomic mass is 15.2. The zero-order valence-electron chi connectivity index (χ0n) is 14.7. The topological polar surface area (TPSA) is 49.3 Å². The van der Waals surface area contributed by atoms with Gasteiger partial charge in [-0.2, -0.15) is 0 Å². The molecule has 1 aliphatic carbocycles. The van der Waals surface area contributed by atoms with Crippen molar-refractivity contribution in [3.63, 3.8) is 0 Å². The fourth-order valence-electron chi connectivity index (χ4n) is 3.32. The van der Waals surface area contributed by atoms with E-state index in [-0.39, 0.29) is 0 Å². The van der Waals surface area contributed by atoms with Crippen LogP contribution in [0.5, 0.6) is 0 Å². The van der Waals surface area contributed by atoms with E-state index in [2.05, 4.69) is 33.6 Å². The summed E-state index contributed by atoms with van der Waals surface area (Å²) in [4.78, 5) is 8.67. The van der Waals surface area contributed by atoms with E-state index in [4.69, 9.17) is 0 Å². The van der Waals surface area contributed by atoms with Gasteiger partial charge in [0, 0.05) is 37.9 Å². The normalized spacial score (nSPS) is 17.7. The van der Waals surface area contributed by atoms with Crippen molar-refractivity contribution in [2.75, 3.05) is 13.6 Å². The van der Waals surface area contributed by atoms with Crippen LogP contribution in [0.3, 0.4) is 0 Å². The van der Waals surface area contributed by atoms with Crippen LogP contribution >= 0.6 is 0 Å². The summed E-state index contributed by atoms with van der Waals surface area (Å²) in [6.07, 6.45) is 12.5. The molecule has 1 unspecified atom stereocenters. The summed E-state index contributed by atoms with van der Waals surface area (Å²) in [7, 11) is 1.84. The quantitative estimate of drug-likeness (QED) is 0.597. The molecule has 1 atom stereocenters. The predicted octanol–water partition coefficient (Wildman–Crippen LogP) is 3.54. The van der Waals surface area contributed by atoms with Gasteiger partial charge in [0.25, 0.3) is 0 Å². The highest BCUT2D eigenvalue weighted by molar-refractivity contribution is 5.79. The maximum absolute atomic E-state index is 4.34. The van der Waals surface area contributed by atoms with Crippen molar-refractivity contribution in [3.05, 3.63) is 30.1 Å². The second-order valence-corrected chi connectivity index (χ2v) is 6.70. The Morgan fingerprint density at radius 3 is 2.83 bits per heavy atom. The van der Waals surface area contributed by atoms with E-state index >= 15 is 0 Å².